The molecule has 4 aromatic rings. The third-order valence-electron chi connectivity index (χ3n) is 4.85. The minimum absolute atomic E-state index is 0.00373. The minimum atomic E-state index is -3.81. The molecule has 4 rings (SSSR count). The van der Waals surface area contributed by atoms with E-state index in [9.17, 15) is 18.0 Å². The summed E-state index contributed by atoms with van der Waals surface area (Å²) in [4.78, 5) is 29.0. The lowest BCUT2D eigenvalue weighted by atomic mass is 10.2. The quantitative estimate of drug-likeness (QED) is 0.395. The SMILES string of the molecule is Cc1ccc(NS(=O)(=O)c2ccc(C(=O)NNC(=O)c3ccc4ccccc4n3)cc2)cc1. The summed E-state index contributed by atoms with van der Waals surface area (Å²) >= 11 is 0. The molecule has 8 nitrogen and oxygen atoms in total. The molecule has 0 bridgehead atoms. The van der Waals surface area contributed by atoms with Gasteiger partial charge in [-0.1, -0.05) is 42.0 Å². The number of aryl methyl sites for hydroxylation is 1. The number of benzene rings is 3. The van der Waals surface area contributed by atoms with Crippen LogP contribution in [0, 0.1) is 6.92 Å². The maximum atomic E-state index is 12.6. The molecule has 0 atom stereocenters. The molecule has 2 amide bonds. The van der Waals surface area contributed by atoms with Crippen molar-refractivity contribution < 1.29 is 18.0 Å². The molecule has 0 aliphatic carbocycles. The molecule has 3 aromatic carbocycles. The van der Waals surface area contributed by atoms with Crippen molar-refractivity contribution in [3.63, 3.8) is 0 Å². The van der Waals surface area contributed by atoms with Crippen molar-refractivity contribution in [1.29, 1.82) is 0 Å². The zero-order valence-electron chi connectivity index (χ0n) is 17.6. The number of fused-ring (bicyclic) bond motifs is 1. The third kappa shape index (κ3) is 5.16. The van der Waals surface area contributed by atoms with Crippen LogP contribution in [0.4, 0.5) is 5.69 Å². The predicted octanol–water partition coefficient (Wildman–Crippen LogP) is 3.42. The van der Waals surface area contributed by atoms with E-state index in [0.717, 1.165) is 10.9 Å². The van der Waals surface area contributed by atoms with Crippen LogP contribution in [0.3, 0.4) is 0 Å². The van der Waals surface area contributed by atoms with Crippen molar-refractivity contribution >= 4 is 38.4 Å². The van der Waals surface area contributed by atoms with Crippen molar-refractivity contribution in [3.05, 3.63) is 102 Å². The fraction of sp³-hybridized carbons (Fsp3) is 0.0417. The first-order valence-electron chi connectivity index (χ1n) is 9.98. The molecular weight excluding hydrogens is 440 g/mol. The van der Waals surface area contributed by atoms with E-state index < -0.39 is 21.8 Å². The fourth-order valence-corrected chi connectivity index (χ4v) is 4.12. The highest BCUT2D eigenvalue weighted by molar-refractivity contribution is 7.92. The summed E-state index contributed by atoms with van der Waals surface area (Å²) in [5.74, 6) is -1.17. The van der Waals surface area contributed by atoms with Gasteiger partial charge in [-0.3, -0.25) is 25.2 Å². The molecule has 0 aliphatic heterocycles. The number of carbonyl (C=O) groups excluding carboxylic acids is 2. The van der Waals surface area contributed by atoms with Crippen LogP contribution in [0.15, 0.2) is 89.8 Å². The first-order chi connectivity index (χ1) is 15.8. The smallest absolute Gasteiger partial charge is 0.280 e. The molecule has 166 valence electrons. The summed E-state index contributed by atoms with van der Waals surface area (Å²) < 4.78 is 27.6. The van der Waals surface area contributed by atoms with E-state index in [1.54, 1.807) is 42.5 Å². The van der Waals surface area contributed by atoms with E-state index in [1.807, 2.05) is 25.1 Å². The van der Waals surface area contributed by atoms with E-state index in [4.69, 9.17) is 0 Å². The Morgan fingerprint density at radius 2 is 1.42 bits per heavy atom. The Labute approximate surface area is 190 Å². The Morgan fingerprint density at radius 3 is 2.15 bits per heavy atom. The predicted molar refractivity (Wildman–Crippen MR) is 125 cm³/mol. The van der Waals surface area contributed by atoms with Gasteiger partial charge >= 0.3 is 0 Å². The molecule has 1 heterocycles. The number of nitrogens with one attached hydrogen (secondary N) is 3. The minimum Gasteiger partial charge on any atom is -0.280 e. The number of hydrazine groups is 1. The van der Waals surface area contributed by atoms with Crippen molar-refractivity contribution in [2.75, 3.05) is 4.72 Å². The largest absolute Gasteiger partial charge is 0.288 e. The van der Waals surface area contributed by atoms with E-state index in [-0.39, 0.29) is 16.2 Å². The van der Waals surface area contributed by atoms with Crippen molar-refractivity contribution in [2.24, 2.45) is 0 Å². The number of aromatic nitrogens is 1. The molecule has 0 aliphatic rings. The summed E-state index contributed by atoms with van der Waals surface area (Å²) in [6.07, 6.45) is 0. The molecule has 33 heavy (non-hydrogen) atoms. The lowest BCUT2D eigenvalue weighted by Crippen LogP contribution is -2.41. The molecule has 3 N–H and O–H groups in total. The second kappa shape index (κ2) is 9.09. The zero-order valence-corrected chi connectivity index (χ0v) is 18.4. The number of rotatable bonds is 5. The fourth-order valence-electron chi connectivity index (χ4n) is 3.06. The Kier molecular flexibility index (Phi) is 6.05. The van der Waals surface area contributed by atoms with Gasteiger partial charge in [0.2, 0.25) is 0 Å². The Hall–Kier alpha value is -4.24. The second-order valence-electron chi connectivity index (χ2n) is 7.29. The molecule has 0 spiro atoms. The van der Waals surface area contributed by atoms with Gasteiger partial charge in [-0.05, 0) is 55.5 Å². The standard InChI is InChI=1S/C24H20N4O4S/c1-16-6-11-19(12-7-16)28-33(31,32)20-13-8-18(9-14-20)23(29)26-27-24(30)22-15-10-17-4-2-3-5-21(17)25-22/h2-15,28H,1H3,(H,26,29)(H,27,30). The van der Waals surface area contributed by atoms with Crippen LogP contribution in [0.25, 0.3) is 10.9 Å². The van der Waals surface area contributed by atoms with Gasteiger partial charge in [0.1, 0.15) is 5.69 Å². The molecule has 1 aromatic heterocycles. The number of nitrogens with zero attached hydrogens (tertiary/aromatic N) is 1. The van der Waals surface area contributed by atoms with Gasteiger partial charge in [0.15, 0.2) is 0 Å². The van der Waals surface area contributed by atoms with Gasteiger partial charge in [0.25, 0.3) is 21.8 Å². The van der Waals surface area contributed by atoms with E-state index in [2.05, 4.69) is 20.6 Å². The van der Waals surface area contributed by atoms with Crippen LogP contribution in [0.1, 0.15) is 26.4 Å². The van der Waals surface area contributed by atoms with Crippen LogP contribution in [-0.2, 0) is 10.0 Å². The first-order valence-corrected chi connectivity index (χ1v) is 11.5. The number of pyridine rings is 1. The summed E-state index contributed by atoms with van der Waals surface area (Å²) in [6.45, 7) is 1.91. The highest BCUT2D eigenvalue weighted by Gasteiger charge is 2.16. The highest BCUT2D eigenvalue weighted by atomic mass is 32.2. The number of carbonyl (C=O) groups is 2. The number of hydrogen-bond acceptors (Lipinski definition) is 5. The lowest BCUT2D eigenvalue weighted by Gasteiger charge is -2.10. The summed E-state index contributed by atoms with van der Waals surface area (Å²) in [5, 5.41) is 0.894. The zero-order chi connectivity index (χ0) is 23.4. The summed E-state index contributed by atoms with van der Waals surface area (Å²) in [6, 6.07) is 23.0. The number of amides is 2. The lowest BCUT2D eigenvalue weighted by molar-refractivity contribution is 0.0844. The molecule has 0 radical (unpaired) electrons. The van der Waals surface area contributed by atoms with Crippen molar-refractivity contribution in [1.82, 2.24) is 15.8 Å². The first kappa shape index (κ1) is 22.0. The summed E-state index contributed by atoms with van der Waals surface area (Å²) in [5.41, 5.74) is 7.05. The highest BCUT2D eigenvalue weighted by Crippen LogP contribution is 2.17. The van der Waals surface area contributed by atoms with Gasteiger partial charge in [-0.15, -0.1) is 0 Å². The van der Waals surface area contributed by atoms with E-state index in [1.165, 1.54) is 24.3 Å². The van der Waals surface area contributed by atoms with Gasteiger partial charge in [-0.25, -0.2) is 13.4 Å². The van der Waals surface area contributed by atoms with E-state index >= 15 is 0 Å². The number of hydrogen-bond donors (Lipinski definition) is 3. The summed E-state index contributed by atoms with van der Waals surface area (Å²) in [7, 11) is -3.81. The van der Waals surface area contributed by atoms with Crippen LogP contribution >= 0.6 is 0 Å². The molecule has 0 saturated heterocycles. The topological polar surface area (TPSA) is 117 Å². The third-order valence-corrected chi connectivity index (χ3v) is 6.25. The normalized spacial score (nSPS) is 11.1. The maximum absolute atomic E-state index is 12.6. The van der Waals surface area contributed by atoms with Gasteiger partial charge in [-0.2, -0.15) is 0 Å². The van der Waals surface area contributed by atoms with Gasteiger partial charge in [0, 0.05) is 16.6 Å². The molecule has 0 fully saturated rings. The van der Waals surface area contributed by atoms with Crippen molar-refractivity contribution in [2.45, 2.75) is 11.8 Å². The Balaban J connectivity index is 1.39. The van der Waals surface area contributed by atoms with Gasteiger partial charge < -0.3 is 0 Å². The van der Waals surface area contributed by atoms with Crippen LogP contribution < -0.4 is 15.6 Å². The molecule has 9 heteroatoms. The number of sulfonamides is 1. The van der Waals surface area contributed by atoms with Crippen molar-refractivity contribution in [3.8, 4) is 0 Å². The second-order valence-corrected chi connectivity index (χ2v) is 8.98. The molecule has 0 saturated carbocycles. The maximum Gasteiger partial charge on any atom is 0.288 e. The van der Waals surface area contributed by atoms with Crippen LogP contribution in [0.2, 0.25) is 0 Å². The van der Waals surface area contributed by atoms with Crippen LogP contribution in [0.5, 0.6) is 0 Å². The Morgan fingerprint density at radius 1 is 0.758 bits per heavy atom. The molecule has 0 unspecified atom stereocenters. The number of anilines is 1. The number of para-hydroxylation sites is 1. The van der Waals surface area contributed by atoms with E-state index in [0.29, 0.717) is 11.2 Å². The average Bonchev–Trinajstić information content (AvgIpc) is 2.83. The Bertz CT molecular complexity index is 1430. The van der Waals surface area contributed by atoms with Crippen LogP contribution in [-0.4, -0.2) is 25.2 Å². The average molecular weight is 461 g/mol. The van der Waals surface area contributed by atoms with Gasteiger partial charge in [0.05, 0.1) is 10.4 Å². The molecular formula is C24H20N4O4S. The monoisotopic (exact) mass is 460 g/mol.